The third-order valence-corrected chi connectivity index (χ3v) is 2.58. The van der Waals surface area contributed by atoms with Crippen LogP contribution in [0, 0.1) is 5.92 Å². The topological polar surface area (TPSA) is 55.8 Å². The van der Waals surface area contributed by atoms with E-state index in [1.165, 1.54) is 6.66 Å². The normalized spacial score (nSPS) is 41.6. The summed E-state index contributed by atoms with van der Waals surface area (Å²) in [5.41, 5.74) is 0. The first-order valence-corrected chi connectivity index (χ1v) is 5.10. The van der Waals surface area contributed by atoms with E-state index < -0.39 is 7.60 Å². The van der Waals surface area contributed by atoms with E-state index in [0.29, 0.717) is 13.2 Å². The van der Waals surface area contributed by atoms with Gasteiger partial charge in [0.2, 0.25) is 0 Å². The van der Waals surface area contributed by atoms with Crippen molar-refractivity contribution >= 4 is 7.60 Å². The molecule has 0 aromatic rings. The molecule has 4 nitrogen and oxygen atoms in total. The number of hydrogen-bond acceptors (Lipinski definition) is 4. The van der Waals surface area contributed by atoms with Gasteiger partial charge in [-0.2, -0.15) is 0 Å². The van der Waals surface area contributed by atoms with Gasteiger partial charge in [-0.15, -0.1) is 0 Å². The Morgan fingerprint density at radius 3 is 2.50 bits per heavy atom. The van der Waals surface area contributed by atoms with Crippen LogP contribution in [0.15, 0.2) is 0 Å². The van der Waals surface area contributed by atoms with E-state index in [9.17, 15) is 4.57 Å². The van der Waals surface area contributed by atoms with E-state index in [0.717, 1.165) is 0 Å². The van der Waals surface area contributed by atoms with Gasteiger partial charge in [-0.25, -0.2) is 0 Å². The minimum absolute atomic E-state index is 0.0120. The number of hydrogen-bond donors (Lipinski definition) is 1. The van der Waals surface area contributed by atoms with E-state index in [2.05, 4.69) is 0 Å². The van der Waals surface area contributed by atoms with Gasteiger partial charge in [0, 0.05) is 12.6 Å². The molecule has 0 aliphatic carbocycles. The Labute approximate surface area is 59.7 Å². The van der Waals surface area contributed by atoms with E-state index in [1.807, 2.05) is 0 Å². The van der Waals surface area contributed by atoms with Crippen LogP contribution >= 0.6 is 7.60 Å². The Morgan fingerprint density at radius 2 is 2.10 bits per heavy atom. The predicted molar refractivity (Wildman–Crippen MR) is 36.0 cm³/mol. The Kier molecular flexibility index (Phi) is 2.47. The molecule has 5 heteroatoms. The van der Waals surface area contributed by atoms with E-state index in [4.69, 9.17) is 14.2 Å². The highest BCUT2D eigenvalue weighted by molar-refractivity contribution is 7.53. The van der Waals surface area contributed by atoms with Gasteiger partial charge in [0.05, 0.1) is 19.8 Å². The summed E-state index contributed by atoms with van der Waals surface area (Å²) in [5.74, 6) is -0.0120. The molecule has 60 valence electrons. The Hall–Kier alpha value is 0.110. The molecule has 0 aromatic carbocycles. The third kappa shape index (κ3) is 2.06. The summed E-state index contributed by atoms with van der Waals surface area (Å²) in [4.78, 5) is 0. The van der Waals surface area contributed by atoms with Crippen LogP contribution in [0.1, 0.15) is 0 Å². The van der Waals surface area contributed by atoms with Crippen molar-refractivity contribution in [1.29, 1.82) is 0 Å². The molecule has 1 fully saturated rings. The van der Waals surface area contributed by atoms with E-state index in [1.54, 1.807) is 0 Å². The monoisotopic (exact) mass is 166 g/mol. The summed E-state index contributed by atoms with van der Waals surface area (Å²) in [6.45, 7) is 2.13. The van der Waals surface area contributed by atoms with Crippen molar-refractivity contribution in [3.8, 4) is 0 Å². The summed E-state index contributed by atoms with van der Waals surface area (Å²) in [5, 5.41) is 8.61. The maximum Gasteiger partial charge on any atom is 0.327 e. The average Bonchev–Trinajstić information content (AvgIpc) is 1.88. The fraction of sp³-hybridized carbons (Fsp3) is 1.00. The quantitative estimate of drug-likeness (QED) is 0.575. The molecule has 1 rings (SSSR count). The first-order chi connectivity index (χ1) is 4.64. The number of rotatable bonds is 1. The van der Waals surface area contributed by atoms with Gasteiger partial charge in [-0.1, -0.05) is 0 Å². The minimum atomic E-state index is -2.75. The molecule has 0 radical (unpaired) electrons. The highest BCUT2D eigenvalue weighted by atomic mass is 31.2. The smallest absolute Gasteiger partial charge is 0.327 e. The van der Waals surface area contributed by atoms with Crippen molar-refractivity contribution in [2.24, 2.45) is 5.92 Å². The van der Waals surface area contributed by atoms with Gasteiger partial charge in [0.15, 0.2) is 0 Å². The highest BCUT2D eigenvalue weighted by Gasteiger charge is 2.26. The third-order valence-electron chi connectivity index (χ3n) is 1.35. The molecule has 1 N–H and O–H groups in total. The van der Waals surface area contributed by atoms with Crippen LogP contribution in [0.4, 0.5) is 0 Å². The SMILES string of the molecule is CP1(=O)OCC(CO)CO1. The van der Waals surface area contributed by atoms with E-state index >= 15 is 0 Å². The van der Waals surface area contributed by atoms with Crippen molar-refractivity contribution in [3.05, 3.63) is 0 Å². The minimum Gasteiger partial charge on any atom is -0.396 e. The van der Waals surface area contributed by atoms with Gasteiger partial charge in [-0.05, 0) is 0 Å². The fourth-order valence-corrected chi connectivity index (χ4v) is 1.71. The van der Waals surface area contributed by atoms with Crippen molar-refractivity contribution in [2.75, 3.05) is 26.5 Å². The molecule has 0 saturated carbocycles. The van der Waals surface area contributed by atoms with Crippen molar-refractivity contribution in [3.63, 3.8) is 0 Å². The Balaban J connectivity index is 2.38. The lowest BCUT2D eigenvalue weighted by Gasteiger charge is -2.25. The van der Waals surface area contributed by atoms with Crippen LogP contribution in [0.25, 0.3) is 0 Å². The molecule has 0 unspecified atom stereocenters. The second-order valence-electron chi connectivity index (χ2n) is 2.41. The van der Waals surface area contributed by atoms with Crippen molar-refractivity contribution in [1.82, 2.24) is 0 Å². The molecular weight excluding hydrogens is 155 g/mol. The number of aliphatic hydroxyl groups excluding tert-OH is 1. The lowest BCUT2D eigenvalue weighted by molar-refractivity contribution is 0.0608. The van der Waals surface area contributed by atoms with Crippen LogP contribution in [0.5, 0.6) is 0 Å². The second-order valence-corrected chi connectivity index (χ2v) is 4.47. The molecule has 1 aliphatic heterocycles. The second kappa shape index (κ2) is 3.01. The van der Waals surface area contributed by atoms with E-state index in [-0.39, 0.29) is 12.5 Å². The zero-order chi connectivity index (χ0) is 7.61. The van der Waals surface area contributed by atoms with Crippen LogP contribution in [0.3, 0.4) is 0 Å². The van der Waals surface area contributed by atoms with Crippen LogP contribution in [-0.2, 0) is 13.6 Å². The fourth-order valence-electron chi connectivity index (χ4n) is 0.672. The largest absolute Gasteiger partial charge is 0.396 e. The Bertz CT molecular complexity index is 146. The molecule has 0 amide bonds. The summed E-state index contributed by atoms with van der Waals surface area (Å²) in [6, 6.07) is 0. The summed E-state index contributed by atoms with van der Waals surface area (Å²) >= 11 is 0. The molecule has 1 saturated heterocycles. The van der Waals surface area contributed by atoms with Crippen LogP contribution < -0.4 is 0 Å². The average molecular weight is 166 g/mol. The maximum atomic E-state index is 11.0. The maximum absolute atomic E-state index is 11.0. The number of aliphatic hydroxyl groups is 1. The lowest BCUT2D eigenvalue weighted by atomic mass is 10.2. The standard InChI is InChI=1S/C5H11O4P/c1-10(7)8-3-5(2-6)4-9-10/h5-6H,2-4H2,1H3. The molecule has 0 atom stereocenters. The van der Waals surface area contributed by atoms with Gasteiger partial charge in [0.1, 0.15) is 0 Å². The summed E-state index contributed by atoms with van der Waals surface area (Å²) in [7, 11) is -2.75. The Morgan fingerprint density at radius 1 is 1.60 bits per heavy atom. The van der Waals surface area contributed by atoms with Gasteiger partial charge < -0.3 is 14.2 Å². The van der Waals surface area contributed by atoms with Crippen LogP contribution in [0.2, 0.25) is 0 Å². The predicted octanol–water partition coefficient (Wildman–Crippen LogP) is 0.465. The highest BCUT2D eigenvalue weighted by Crippen LogP contribution is 2.47. The van der Waals surface area contributed by atoms with Gasteiger partial charge in [-0.3, -0.25) is 4.57 Å². The molecule has 1 heterocycles. The molecule has 0 aromatic heterocycles. The molecule has 0 bridgehead atoms. The first-order valence-electron chi connectivity index (χ1n) is 3.11. The zero-order valence-electron chi connectivity index (χ0n) is 5.82. The van der Waals surface area contributed by atoms with Gasteiger partial charge >= 0.3 is 7.60 Å². The molecule has 10 heavy (non-hydrogen) atoms. The van der Waals surface area contributed by atoms with Crippen molar-refractivity contribution in [2.45, 2.75) is 0 Å². The molecular formula is C5H11O4P. The lowest BCUT2D eigenvalue weighted by Crippen LogP contribution is -2.23. The molecule has 1 aliphatic rings. The summed E-state index contributed by atoms with van der Waals surface area (Å²) in [6.07, 6.45) is 0. The van der Waals surface area contributed by atoms with Crippen LogP contribution in [-0.4, -0.2) is 31.6 Å². The van der Waals surface area contributed by atoms with Gasteiger partial charge in [0.25, 0.3) is 0 Å². The zero-order valence-corrected chi connectivity index (χ0v) is 6.71. The van der Waals surface area contributed by atoms with Crippen molar-refractivity contribution < 1.29 is 18.7 Å². The molecule has 0 spiro atoms. The summed E-state index contributed by atoms with van der Waals surface area (Å²) < 4.78 is 20.7. The first kappa shape index (κ1) is 8.21.